The number of nitrogens with two attached hydrogens (primary N) is 1. The van der Waals surface area contributed by atoms with Crippen LogP contribution < -0.4 is 5.73 Å². The van der Waals surface area contributed by atoms with Crippen molar-refractivity contribution in [3.8, 4) is 6.07 Å². The molecular weight excluding hydrogens is 170 g/mol. The molecule has 0 aliphatic carbocycles. The van der Waals surface area contributed by atoms with Crippen LogP contribution >= 0.6 is 0 Å². The Morgan fingerprint density at radius 2 is 2.31 bits per heavy atom. The Morgan fingerprint density at radius 1 is 1.62 bits per heavy atom. The fourth-order valence-electron chi connectivity index (χ4n) is 0.998. The minimum atomic E-state index is -0.559. The van der Waals surface area contributed by atoms with Crippen molar-refractivity contribution in [3.05, 3.63) is 33.9 Å². The number of rotatable bonds is 2. The molecule has 0 aliphatic rings. The van der Waals surface area contributed by atoms with Gasteiger partial charge in [0, 0.05) is 6.07 Å². The Labute approximate surface area is 74.5 Å². The van der Waals surface area contributed by atoms with Crippen LogP contribution in [0.25, 0.3) is 0 Å². The van der Waals surface area contributed by atoms with Gasteiger partial charge >= 0.3 is 0 Å². The molecule has 1 aromatic carbocycles. The van der Waals surface area contributed by atoms with Gasteiger partial charge in [-0.3, -0.25) is 10.1 Å². The van der Waals surface area contributed by atoms with Crippen molar-refractivity contribution in [2.75, 3.05) is 5.73 Å². The summed E-state index contributed by atoms with van der Waals surface area (Å²) in [7, 11) is 0. The number of hydrogen-bond donors (Lipinski definition) is 1. The van der Waals surface area contributed by atoms with E-state index in [1.54, 1.807) is 6.07 Å². The van der Waals surface area contributed by atoms with Gasteiger partial charge in [-0.1, -0.05) is 12.1 Å². The summed E-state index contributed by atoms with van der Waals surface area (Å²) in [5.74, 6) is 0. The van der Waals surface area contributed by atoms with Gasteiger partial charge in [0.05, 0.1) is 17.4 Å². The van der Waals surface area contributed by atoms with Crippen molar-refractivity contribution in [2.24, 2.45) is 0 Å². The highest BCUT2D eigenvalue weighted by molar-refractivity contribution is 5.63. The smallest absolute Gasteiger partial charge is 0.292 e. The molecule has 0 saturated carbocycles. The van der Waals surface area contributed by atoms with Crippen LogP contribution in [0.5, 0.6) is 0 Å². The van der Waals surface area contributed by atoms with Gasteiger partial charge in [0.1, 0.15) is 5.69 Å². The average Bonchev–Trinajstić information content (AvgIpc) is 2.08. The molecule has 5 heteroatoms. The van der Waals surface area contributed by atoms with E-state index in [0.717, 1.165) is 0 Å². The van der Waals surface area contributed by atoms with E-state index >= 15 is 0 Å². The molecule has 2 N–H and O–H groups in total. The first kappa shape index (κ1) is 9.00. The molecule has 0 aliphatic heterocycles. The van der Waals surface area contributed by atoms with Gasteiger partial charge in [-0.25, -0.2) is 0 Å². The van der Waals surface area contributed by atoms with Crippen LogP contribution in [0.4, 0.5) is 11.4 Å². The third-order valence-corrected chi connectivity index (χ3v) is 1.64. The highest BCUT2D eigenvalue weighted by atomic mass is 16.6. The summed E-state index contributed by atoms with van der Waals surface area (Å²) in [5, 5.41) is 18.8. The second-order valence-corrected chi connectivity index (χ2v) is 2.44. The number of nitriles is 1. The van der Waals surface area contributed by atoms with Gasteiger partial charge in [-0.15, -0.1) is 0 Å². The Balaban J connectivity index is 3.20. The van der Waals surface area contributed by atoms with E-state index < -0.39 is 4.92 Å². The van der Waals surface area contributed by atoms with Crippen LogP contribution in [0.15, 0.2) is 18.2 Å². The molecule has 5 nitrogen and oxygen atoms in total. The fourth-order valence-corrected chi connectivity index (χ4v) is 0.998. The lowest BCUT2D eigenvalue weighted by Crippen LogP contribution is -1.99. The summed E-state index contributed by atoms with van der Waals surface area (Å²) in [5.41, 5.74) is 5.91. The summed E-state index contributed by atoms with van der Waals surface area (Å²) >= 11 is 0. The number of nitro benzene ring substituents is 1. The van der Waals surface area contributed by atoms with Gasteiger partial charge in [0.25, 0.3) is 5.69 Å². The number of para-hydroxylation sites is 1. The Kier molecular flexibility index (Phi) is 2.45. The second-order valence-electron chi connectivity index (χ2n) is 2.44. The SMILES string of the molecule is N#CCc1cccc([N+](=O)[O-])c1N. The predicted molar refractivity (Wildman–Crippen MR) is 46.8 cm³/mol. The summed E-state index contributed by atoms with van der Waals surface area (Å²) in [6.45, 7) is 0. The molecule has 1 rings (SSSR count). The van der Waals surface area contributed by atoms with Crippen molar-refractivity contribution in [1.29, 1.82) is 5.26 Å². The van der Waals surface area contributed by atoms with Crippen LogP contribution in [0.2, 0.25) is 0 Å². The summed E-state index contributed by atoms with van der Waals surface area (Å²) < 4.78 is 0. The van der Waals surface area contributed by atoms with Gasteiger partial charge in [-0.05, 0) is 5.56 Å². The molecule has 0 bridgehead atoms. The van der Waals surface area contributed by atoms with Crippen molar-refractivity contribution in [3.63, 3.8) is 0 Å². The van der Waals surface area contributed by atoms with E-state index in [9.17, 15) is 10.1 Å². The molecule has 0 saturated heterocycles. The van der Waals surface area contributed by atoms with E-state index in [1.165, 1.54) is 12.1 Å². The van der Waals surface area contributed by atoms with Crippen LogP contribution in [0, 0.1) is 21.4 Å². The first-order chi connectivity index (χ1) is 6.16. The van der Waals surface area contributed by atoms with Crippen molar-refractivity contribution >= 4 is 11.4 Å². The monoisotopic (exact) mass is 177 g/mol. The van der Waals surface area contributed by atoms with E-state index in [1.807, 2.05) is 6.07 Å². The maximum Gasteiger partial charge on any atom is 0.292 e. The number of benzene rings is 1. The number of nitrogens with zero attached hydrogens (tertiary/aromatic N) is 2. The zero-order valence-electron chi connectivity index (χ0n) is 6.73. The lowest BCUT2D eigenvalue weighted by atomic mass is 10.1. The molecule has 0 atom stereocenters. The first-order valence-electron chi connectivity index (χ1n) is 3.55. The lowest BCUT2D eigenvalue weighted by molar-refractivity contribution is -0.383. The van der Waals surface area contributed by atoms with Gasteiger partial charge in [0.15, 0.2) is 0 Å². The Hall–Kier alpha value is -2.09. The highest BCUT2D eigenvalue weighted by Crippen LogP contribution is 2.24. The number of hydrogen-bond acceptors (Lipinski definition) is 4. The van der Waals surface area contributed by atoms with Gasteiger partial charge in [-0.2, -0.15) is 5.26 Å². The topological polar surface area (TPSA) is 92.9 Å². The second kappa shape index (κ2) is 3.54. The van der Waals surface area contributed by atoms with Crippen LogP contribution in [-0.2, 0) is 6.42 Å². The maximum absolute atomic E-state index is 10.4. The Morgan fingerprint density at radius 3 is 2.85 bits per heavy atom. The number of nitro groups is 1. The third kappa shape index (κ3) is 1.73. The zero-order chi connectivity index (χ0) is 9.84. The molecule has 0 fully saturated rings. The molecule has 0 heterocycles. The van der Waals surface area contributed by atoms with E-state index in [4.69, 9.17) is 11.0 Å². The normalized spacial score (nSPS) is 9.15. The quantitative estimate of drug-likeness (QED) is 0.417. The van der Waals surface area contributed by atoms with E-state index in [-0.39, 0.29) is 17.8 Å². The number of anilines is 1. The number of nitrogen functional groups attached to an aromatic ring is 1. The van der Waals surface area contributed by atoms with Gasteiger partial charge < -0.3 is 5.73 Å². The predicted octanol–water partition coefficient (Wildman–Crippen LogP) is 1.24. The maximum atomic E-state index is 10.4. The summed E-state index contributed by atoms with van der Waals surface area (Å²) in [6.07, 6.45) is 0.0908. The molecule has 0 aromatic heterocycles. The minimum absolute atomic E-state index is 0.0778. The van der Waals surface area contributed by atoms with E-state index in [0.29, 0.717) is 5.56 Å². The summed E-state index contributed by atoms with van der Waals surface area (Å²) in [4.78, 5) is 9.86. The molecule has 0 unspecified atom stereocenters. The van der Waals surface area contributed by atoms with Crippen molar-refractivity contribution in [2.45, 2.75) is 6.42 Å². The van der Waals surface area contributed by atoms with Crippen LogP contribution in [0.3, 0.4) is 0 Å². The third-order valence-electron chi connectivity index (χ3n) is 1.64. The fraction of sp³-hybridized carbons (Fsp3) is 0.125. The summed E-state index contributed by atoms with van der Waals surface area (Å²) in [6, 6.07) is 6.32. The standard InChI is InChI=1S/C8H7N3O2/c9-5-4-6-2-1-3-7(8(6)10)11(12)13/h1-3H,4,10H2. The first-order valence-corrected chi connectivity index (χ1v) is 3.55. The molecular formula is C8H7N3O2. The molecule has 0 radical (unpaired) electrons. The zero-order valence-corrected chi connectivity index (χ0v) is 6.73. The van der Waals surface area contributed by atoms with Crippen LogP contribution in [0.1, 0.15) is 5.56 Å². The van der Waals surface area contributed by atoms with Crippen molar-refractivity contribution in [1.82, 2.24) is 0 Å². The minimum Gasteiger partial charge on any atom is -0.393 e. The molecule has 0 spiro atoms. The largest absolute Gasteiger partial charge is 0.393 e. The average molecular weight is 177 g/mol. The molecule has 0 amide bonds. The molecule has 1 aromatic rings. The Bertz CT molecular complexity index is 381. The van der Waals surface area contributed by atoms with Gasteiger partial charge in [0.2, 0.25) is 0 Å². The van der Waals surface area contributed by atoms with E-state index in [2.05, 4.69) is 0 Å². The highest BCUT2D eigenvalue weighted by Gasteiger charge is 2.13. The molecule has 66 valence electrons. The van der Waals surface area contributed by atoms with Crippen LogP contribution in [-0.4, -0.2) is 4.92 Å². The lowest BCUT2D eigenvalue weighted by Gasteiger charge is -2.00. The van der Waals surface area contributed by atoms with Crippen molar-refractivity contribution < 1.29 is 4.92 Å². The molecule has 13 heavy (non-hydrogen) atoms.